The number of pyridine rings is 1. The zero-order valence-corrected chi connectivity index (χ0v) is 13.4. The molecule has 2 N–H and O–H groups in total. The van der Waals surface area contributed by atoms with Crippen LogP contribution in [0.25, 0.3) is 11.0 Å². The van der Waals surface area contributed by atoms with E-state index in [1.165, 1.54) is 18.3 Å². The second-order valence-corrected chi connectivity index (χ2v) is 6.64. The normalized spacial score (nSPS) is 28.9. The van der Waals surface area contributed by atoms with Crippen LogP contribution in [0.5, 0.6) is 0 Å². The molecule has 3 saturated heterocycles. The lowest BCUT2D eigenvalue weighted by molar-refractivity contribution is 0.0216. The summed E-state index contributed by atoms with van der Waals surface area (Å²) < 4.78 is 5.25. The molecule has 0 aliphatic carbocycles. The summed E-state index contributed by atoms with van der Waals surface area (Å²) >= 11 is 0. The maximum Gasteiger partial charge on any atom is 0.371 e. The van der Waals surface area contributed by atoms with Crippen LogP contribution in [0.1, 0.15) is 40.8 Å². The van der Waals surface area contributed by atoms with E-state index in [4.69, 9.17) is 9.52 Å². The van der Waals surface area contributed by atoms with Gasteiger partial charge in [-0.1, -0.05) is 0 Å². The minimum absolute atomic E-state index is 0.128. The fourth-order valence-corrected chi connectivity index (χ4v) is 3.93. The Hall–Kier alpha value is -2.41. The van der Waals surface area contributed by atoms with Gasteiger partial charge in [0.05, 0.1) is 0 Å². The van der Waals surface area contributed by atoms with Gasteiger partial charge in [-0.2, -0.15) is 0 Å². The third-order valence-corrected chi connectivity index (χ3v) is 5.32. The van der Waals surface area contributed by atoms with E-state index in [1.54, 1.807) is 0 Å². The average molecular weight is 329 g/mol. The number of carboxylic acids is 1. The molecule has 2 aromatic heterocycles. The zero-order chi connectivity index (χ0) is 16.8. The molecule has 2 bridgehead atoms. The van der Waals surface area contributed by atoms with Gasteiger partial charge in [0, 0.05) is 35.8 Å². The number of aromatic nitrogens is 1. The smallest absolute Gasteiger partial charge is 0.371 e. The van der Waals surface area contributed by atoms with Gasteiger partial charge in [-0.3, -0.25) is 14.7 Å². The highest BCUT2D eigenvalue weighted by atomic mass is 16.4. The number of carboxylic acid groups (broad SMARTS) is 1. The van der Waals surface area contributed by atoms with Crippen molar-refractivity contribution in [2.75, 3.05) is 13.1 Å². The summed E-state index contributed by atoms with van der Waals surface area (Å²) in [6, 6.07) is 3.36. The number of aromatic carboxylic acids is 1. The van der Waals surface area contributed by atoms with Gasteiger partial charge in [0.25, 0.3) is 5.91 Å². The number of amides is 1. The molecule has 0 aromatic carbocycles. The molecule has 1 amide bonds. The lowest BCUT2D eigenvalue weighted by Crippen LogP contribution is -2.62. The fraction of sp³-hybridized carbons (Fsp3) is 0.471. The van der Waals surface area contributed by atoms with Crippen molar-refractivity contribution in [3.8, 4) is 0 Å². The molecule has 5 rings (SSSR count). The summed E-state index contributed by atoms with van der Waals surface area (Å²) in [4.78, 5) is 30.1. The zero-order valence-electron chi connectivity index (χ0n) is 13.4. The minimum atomic E-state index is -1.14. The van der Waals surface area contributed by atoms with Gasteiger partial charge in [-0.15, -0.1) is 0 Å². The van der Waals surface area contributed by atoms with Crippen LogP contribution in [-0.2, 0) is 0 Å². The first-order chi connectivity index (χ1) is 11.5. The van der Waals surface area contributed by atoms with Crippen molar-refractivity contribution in [2.45, 2.75) is 31.8 Å². The second kappa shape index (κ2) is 5.59. The summed E-state index contributed by atoms with van der Waals surface area (Å²) in [5.41, 5.74) is 0.604. The molecule has 24 heavy (non-hydrogen) atoms. The van der Waals surface area contributed by atoms with Crippen LogP contribution in [0.15, 0.2) is 22.7 Å². The number of fused-ring (bicyclic) bond motifs is 4. The molecule has 0 unspecified atom stereocenters. The predicted octanol–water partition coefficient (Wildman–Crippen LogP) is 1.74. The Bertz CT molecular complexity index is 805. The first kappa shape index (κ1) is 15.1. The average Bonchev–Trinajstić information content (AvgIpc) is 3.02. The number of hydrogen-bond donors (Lipinski definition) is 2. The summed E-state index contributed by atoms with van der Waals surface area (Å²) in [7, 11) is 0. The number of carbonyl (C=O) groups is 2. The summed E-state index contributed by atoms with van der Waals surface area (Å²) in [5.74, 6) is -1.02. The van der Waals surface area contributed by atoms with Crippen molar-refractivity contribution in [1.82, 2.24) is 15.2 Å². The molecule has 3 fully saturated rings. The molecule has 2 aromatic rings. The molecule has 3 aliphatic rings. The highest BCUT2D eigenvalue weighted by Crippen LogP contribution is 2.32. The number of hydrogen-bond acceptors (Lipinski definition) is 5. The standard InChI is InChI=1S/C17H19N3O4/c1-9-15(10-2-4-20(9)5-3-10)19-16(21)12-7-13-11(8-18-12)6-14(24-13)17(22)23/h6-10,15H,2-5H2,1H3,(H,19,21)(H,22,23)/t9-,15-/m0/s1. The van der Waals surface area contributed by atoms with Crippen molar-refractivity contribution in [2.24, 2.45) is 5.92 Å². The molecule has 0 radical (unpaired) electrons. The molecule has 5 heterocycles. The Balaban J connectivity index is 1.56. The number of rotatable bonds is 3. The minimum Gasteiger partial charge on any atom is -0.475 e. The lowest BCUT2D eigenvalue weighted by Gasteiger charge is -2.49. The van der Waals surface area contributed by atoms with Gasteiger partial charge in [0.15, 0.2) is 0 Å². The van der Waals surface area contributed by atoms with Crippen LogP contribution in [-0.4, -0.2) is 52.0 Å². The molecule has 7 nitrogen and oxygen atoms in total. The van der Waals surface area contributed by atoms with Crippen LogP contribution in [0.3, 0.4) is 0 Å². The van der Waals surface area contributed by atoms with E-state index in [9.17, 15) is 9.59 Å². The summed E-state index contributed by atoms with van der Waals surface area (Å²) in [5, 5.41) is 12.7. The molecule has 126 valence electrons. The fourth-order valence-electron chi connectivity index (χ4n) is 3.93. The van der Waals surface area contributed by atoms with Crippen LogP contribution in [0, 0.1) is 5.92 Å². The SMILES string of the molecule is C[C@H]1[C@H](NC(=O)c2cc3oc(C(=O)O)cc3cn2)C2CCN1CC2. The molecular weight excluding hydrogens is 310 g/mol. The Labute approximate surface area is 138 Å². The van der Waals surface area contributed by atoms with Crippen molar-refractivity contribution < 1.29 is 19.1 Å². The maximum absolute atomic E-state index is 12.6. The van der Waals surface area contributed by atoms with Crippen LogP contribution < -0.4 is 5.32 Å². The topological polar surface area (TPSA) is 95.7 Å². The molecular formula is C17H19N3O4. The number of nitrogens with zero attached hydrogens (tertiary/aromatic N) is 2. The summed E-state index contributed by atoms with van der Waals surface area (Å²) in [6.45, 7) is 4.36. The van der Waals surface area contributed by atoms with Crippen molar-refractivity contribution in [3.63, 3.8) is 0 Å². The van der Waals surface area contributed by atoms with Gasteiger partial charge in [-0.25, -0.2) is 4.79 Å². The first-order valence-electron chi connectivity index (χ1n) is 8.21. The number of carbonyl (C=O) groups excluding carboxylic acids is 1. The van der Waals surface area contributed by atoms with Crippen molar-refractivity contribution in [1.29, 1.82) is 0 Å². The van der Waals surface area contributed by atoms with Crippen molar-refractivity contribution in [3.05, 3.63) is 29.8 Å². The number of nitrogens with one attached hydrogen (secondary N) is 1. The Morgan fingerprint density at radius 2 is 2.08 bits per heavy atom. The van der Waals surface area contributed by atoms with Gasteiger partial charge >= 0.3 is 5.97 Å². The Morgan fingerprint density at radius 1 is 1.33 bits per heavy atom. The van der Waals surface area contributed by atoms with E-state index in [-0.39, 0.29) is 23.4 Å². The first-order valence-corrected chi connectivity index (χ1v) is 8.21. The largest absolute Gasteiger partial charge is 0.475 e. The maximum atomic E-state index is 12.6. The van der Waals surface area contributed by atoms with E-state index in [0.29, 0.717) is 22.9 Å². The molecule has 3 aliphatic heterocycles. The monoisotopic (exact) mass is 329 g/mol. The van der Waals surface area contributed by atoms with E-state index in [1.807, 2.05) is 0 Å². The number of furan rings is 1. The molecule has 0 saturated carbocycles. The molecule has 0 spiro atoms. The third-order valence-electron chi connectivity index (χ3n) is 5.32. The van der Waals surface area contributed by atoms with Gasteiger partial charge in [0.1, 0.15) is 11.3 Å². The van der Waals surface area contributed by atoms with Gasteiger partial charge in [-0.05, 0) is 38.8 Å². The highest BCUT2D eigenvalue weighted by molar-refractivity contribution is 5.97. The van der Waals surface area contributed by atoms with Crippen LogP contribution in [0.4, 0.5) is 0 Å². The predicted molar refractivity (Wildman–Crippen MR) is 86.0 cm³/mol. The van der Waals surface area contributed by atoms with E-state index in [2.05, 4.69) is 22.1 Å². The van der Waals surface area contributed by atoms with Gasteiger partial charge in [0.2, 0.25) is 5.76 Å². The number of piperidine rings is 3. The highest BCUT2D eigenvalue weighted by Gasteiger charge is 2.40. The van der Waals surface area contributed by atoms with Crippen molar-refractivity contribution >= 4 is 22.8 Å². The third kappa shape index (κ3) is 2.45. The molecule has 7 heteroatoms. The van der Waals surface area contributed by atoms with E-state index in [0.717, 1.165) is 25.9 Å². The molecule has 2 atom stereocenters. The van der Waals surface area contributed by atoms with Crippen LogP contribution in [0.2, 0.25) is 0 Å². The van der Waals surface area contributed by atoms with E-state index >= 15 is 0 Å². The Morgan fingerprint density at radius 3 is 2.75 bits per heavy atom. The summed E-state index contributed by atoms with van der Waals surface area (Å²) in [6.07, 6.45) is 3.70. The Kier molecular flexibility index (Phi) is 3.53. The lowest BCUT2D eigenvalue weighted by atomic mass is 9.79. The van der Waals surface area contributed by atoms with Gasteiger partial charge < -0.3 is 14.8 Å². The second-order valence-electron chi connectivity index (χ2n) is 6.64. The van der Waals surface area contributed by atoms with E-state index < -0.39 is 5.97 Å². The quantitative estimate of drug-likeness (QED) is 0.890. The van der Waals surface area contributed by atoms with Crippen LogP contribution >= 0.6 is 0 Å².